The number of nitrogens with one attached hydrogen (secondary N) is 1. The number of fused-ring (bicyclic) bond motifs is 1. The SMILES string of the molecule is CC(C)C(NC(=O)c1c2n(c(=O)n1C)CCCC2)c1cccc(C(F)(F)F)c1. The first kappa shape index (κ1) is 20.2. The van der Waals surface area contributed by atoms with Crippen molar-refractivity contribution in [3.63, 3.8) is 0 Å². The summed E-state index contributed by atoms with van der Waals surface area (Å²) in [5, 5.41) is 2.85. The molecule has 0 aliphatic carbocycles. The molecule has 2 aromatic rings. The maximum absolute atomic E-state index is 13.1. The van der Waals surface area contributed by atoms with Gasteiger partial charge in [0.05, 0.1) is 17.3 Å². The Bertz CT molecular complexity index is 941. The van der Waals surface area contributed by atoms with Crippen molar-refractivity contribution in [3.05, 3.63) is 57.3 Å². The molecule has 0 saturated heterocycles. The Morgan fingerprint density at radius 2 is 1.93 bits per heavy atom. The molecule has 1 unspecified atom stereocenters. The average Bonchev–Trinajstić information content (AvgIpc) is 2.90. The summed E-state index contributed by atoms with van der Waals surface area (Å²) in [6.07, 6.45) is -2.04. The molecule has 1 aromatic heterocycles. The molecule has 152 valence electrons. The lowest BCUT2D eigenvalue weighted by Crippen LogP contribution is -2.34. The van der Waals surface area contributed by atoms with E-state index in [4.69, 9.17) is 0 Å². The normalized spacial score (nSPS) is 15.4. The number of amides is 1. The molecule has 0 fully saturated rings. The van der Waals surface area contributed by atoms with Gasteiger partial charge in [0.2, 0.25) is 0 Å². The minimum atomic E-state index is -4.45. The minimum Gasteiger partial charge on any atom is -0.344 e. The highest BCUT2D eigenvalue weighted by Gasteiger charge is 2.32. The monoisotopic (exact) mass is 395 g/mol. The van der Waals surface area contributed by atoms with E-state index in [1.165, 1.54) is 10.6 Å². The number of alkyl halides is 3. The van der Waals surface area contributed by atoms with Crippen molar-refractivity contribution in [2.45, 2.75) is 51.9 Å². The maximum Gasteiger partial charge on any atom is 0.416 e. The van der Waals surface area contributed by atoms with Crippen LogP contribution in [0.1, 0.15) is 60.0 Å². The van der Waals surface area contributed by atoms with Crippen molar-refractivity contribution >= 4 is 5.91 Å². The van der Waals surface area contributed by atoms with E-state index in [0.29, 0.717) is 29.9 Å². The third-order valence-corrected chi connectivity index (χ3v) is 5.24. The fourth-order valence-electron chi connectivity index (χ4n) is 3.80. The van der Waals surface area contributed by atoms with E-state index in [-0.39, 0.29) is 11.6 Å². The number of imidazole rings is 1. The Morgan fingerprint density at radius 1 is 1.21 bits per heavy atom. The van der Waals surface area contributed by atoms with Gasteiger partial charge in [-0.2, -0.15) is 13.2 Å². The second-order valence-corrected chi connectivity index (χ2v) is 7.56. The summed E-state index contributed by atoms with van der Waals surface area (Å²) in [7, 11) is 1.55. The molecule has 0 saturated carbocycles. The van der Waals surface area contributed by atoms with E-state index in [2.05, 4.69) is 5.32 Å². The van der Waals surface area contributed by atoms with Gasteiger partial charge in [-0.3, -0.25) is 13.9 Å². The standard InChI is InChI=1S/C20H24F3N3O2/c1-12(2)16(13-7-6-8-14(11-13)20(21,22)23)24-18(27)17-15-9-4-5-10-26(15)19(28)25(17)3/h6-8,11-12,16H,4-5,9-10H2,1-3H3,(H,24,27). The number of aromatic nitrogens is 2. The molecule has 5 nitrogen and oxygen atoms in total. The van der Waals surface area contributed by atoms with E-state index >= 15 is 0 Å². The molecule has 8 heteroatoms. The van der Waals surface area contributed by atoms with Crippen molar-refractivity contribution in [1.82, 2.24) is 14.5 Å². The van der Waals surface area contributed by atoms with Gasteiger partial charge in [-0.1, -0.05) is 26.0 Å². The van der Waals surface area contributed by atoms with Crippen molar-refractivity contribution in [1.29, 1.82) is 0 Å². The van der Waals surface area contributed by atoms with Crippen LogP contribution in [0.2, 0.25) is 0 Å². The van der Waals surface area contributed by atoms with Gasteiger partial charge >= 0.3 is 11.9 Å². The Kier molecular flexibility index (Phi) is 5.41. The van der Waals surface area contributed by atoms with Crippen LogP contribution in [0, 0.1) is 5.92 Å². The van der Waals surface area contributed by atoms with Crippen LogP contribution in [0.3, 0.4) is 0 Å². The van der Waals surface area contributed by atoms with Crippen LogP contribution in [0.25, 0.3) is 0 Å². The first-order valence-corrected chi connectivity index (χ1v) is 9.37. The van der Waals surface area contributed by atoms with Crippen LogP contribution in [-0.4, -0.2) is 15.0 Å². The van der Waals surface area contributed by atoms with E-state index in [1.54, 1.807) is 17.7 Å². The fourth-order valence-corrected chi connectivity index (χ4v) is 3.80. The largest absolute Gasteiger partial charge is 0.416 e. The molecule has 0 bridgehead atoms. The van der Waals surface area contributed by atoms with Crippen molar-refractivity contribution in [2.75, 3.05) is 0 Å². The number of rotatable bonds is 4. The molecule has 28 heavy (non-hydrogen) atoms. The van der Waals surface area contributed by atoms with Crippen LogP contribution >= 0.6 is 0 Å². The van der Waals surface area contributed by atoms with Crippen LogP contribution < -0.4 is 11.0 Å². The highest BCUT2D eigenvalue weighted by molar-refractivity contribution is 5.94. The number of hydrogen-bond donors (Lipinski definition) is 1. The molecule has 1 aliphatic rings. The van der Waals surface area contributed by atoms with Crippen LogP contribution in [0.5, 0.6) is 0 Å². The van der Waals surface area contributed by atoms with Gasteiger partial charge < -0.3 is 5.32 Å². The van der Waals surface area contributed by atoms with Gasteiger partial charge in [-0.05, 0) is 42.9 Å². The third-order valence-electron chi connectivity index (χ3n) is 5.24. The number of hydrogen-bond acceptors (Lipinski definition) is 2. The second kappa shape index (κ2) is 7.48. The first-order chi connectivity index (χ1) is 13.1. The zero-order chi connectivity index (χ0) is 20.6. The van der Waals surface area contributed by atoms with Gasteiger partial charge in [-0.25, -0.2) is 4.79 Å². The van der Waals surface area contributed by atoms with Crippen LogP contribution in [-0.2, 0) is 26.2 Å². The molecule has 1 amide bonds. The Hall–Kier alpha value is -2.51. The summed E-state index contributed by atoms with van der Waals surface area (Å²) in [5.74, 6) is -0.575. The Balaban J connectivity index is 1.95. The molecular formula is C20H24F3N3O2. The Labute approximate surface area is 161 Å². The smallest absolute Gasteiger partial charge is 0.344 e. The molecule has 1 N–H and O–H groups in total. The maximum atomic E-state index is 13.1. The number of carbonyl (C=O) groups excluding carboxylic acids is 1. The topological polar surface area (TPSA) is 56.0 Å². The van der Waals surface area contributed by atoms with Gasteiger partial charge in [0.1, 0.15) is 5.69 Å². The summed E-state index contributed by atoms with van der Waals surface area (Å²) in [4.78, 5) is 25.4. The Morgan fingerprint density at radius 3 is 2.57 bits per heavy atom. The molecule has 1 aromatic carbocycles. The summed E-state index contributed by atoms with van der Waals surface area (Å²) in [6.45, 7) is 4.25. The molecule has 0 radical (unpaired) electrons. The predicted molar refractivity (Wildman–Crippen MR) is 99.1 cm³/mol. The number of halogens is 3. The highest BCUT2D eigenvalue weighted by Crippen LogP contribution is 2.32. The van der Waals surface area contributed by atoms with E-state index < -0.39 is 23.7 Å². The van der Waals surface area contributed by atoms with Gasteiger partial charge in [0.25, 0.3) is 5.91 Å². The highest BCUT2D eigenvalue weighted by atomic mass is 19.4. The van der Waals surface area contributed by atoms with Crippen molar-refractivity contribution in [3.8, 4) is 0 Å². The lowest BCUT2D eigenvalue weighted by atomic mass is 9.94. The summed E-state index contributed by atoms with van der Waals surface area (Å²) in [5.41, 5.74) is 0.389. The molecule has 1 aliphatic heterocycles. The van der Waals surface area contributed by atoms with Crippen LogP contribution in [0.4, 0.5) is 13.2 Å². The zero-order valence-electron chi connectivity index (χ0n) is 16.1. The molecule has 0 spiro atoms. The summed E-state index contributed by atoms with van der Waals surface area (Å²) in [6, 6.07) is 4.39. The van der Waals surface area contributed by atoms with E-state index in [9.17, 15) is 22.8 Å². The van der Waals surface area contributed by atoms with E-state index in [1.807, 2.05) is 13.8 Å². The number of carbonyl (C=O) groups is 1. The summed E-state index contributed by atoms with van der Waals surface area (Å²) < 4.78 is 42.2. The number of benzene rings is 1. The quantitative estimate of drug-likeness (QED) is 0.859. The van der Waals surface area contributed by atoms with E-state index in [0.717, 1.165) is 25.0 Å². The summed E-state index contributed by atoms with van der Waals surface area (Å²) >= 11 is 0. The molecule has 2 heterocycles. The minimum absolute atomic E-state index is 0.136. The second-order valence-electron chi connectivity index (χ2n) is 7.56. The fraction of sp³-hybridized carbons (Fsp3) is 0.500. The zero-order valence-corrected chi connectivity index (χ0v) is 16.1. The van der Waals surface area contributed by atoms with Crippen LogP contribution in [0.15, 0.2) is 29.1 Å². The lowest BCUT2D eigenvalue weighted by Gasteiger charge is -2.24. The number of nitrogens with zero attached hydrogens (tertiary/aromatic N) is 2. The molecule has 3 rings (SSSR count). The average molecular weight is 395 g/mol. The molecular weight excluding hydrogens is 371 g/mol. The van der Waals surface area contributed by atoms with Gasteiger partial charge in [-0.15, -0.1) is 0 Å². The van der Waals surface area contributed by atoms with Gasteiger partial charge in [0, 0.05) is 13.6 Å². The third kappa shape index (κ3) is 3.72. The van der Waals surface area contributed by atoms with Crippen molar-refractivity contribution in [2.24, 2.45) is 13.0 Å². The van der Waals surface area contributed by atoms with Gasteiger partial charge in [0.15, 0.2) is 0 Å². The predicted octanol–water partition coefficient (Wildman–Crippen LogP) is 3.67. The van der Waals surface area contributed by atoms with Crippen molar-refractivity contribution < 1.29 is 18.0 Å². The lowest BCUT2D eigenvalue weighted by molar-refractivity contribution is -0.137. The molecule has 1 atom stereocenters. The first-order valence-electron chi connectivity index (χ1n) is 9.37.